The molecule has 0 aliphatic heterocycles. The van der Waals surface area contributed by atoms with Gasteiger partial charge in [-0.05, 0) is 55.0 Å². The second-order valence-electron chi connectivity index (χ2n) is 8.10. The summed E-state index contributed by atoms with van der Waals surface area (Å²) in [6.45, 7) is 1.74. The van der Waals surface area contributed by atoms with Crippen LogP contribution in [0.2, 0.25) is 0 Å². The highest BCUT2D eigenvalue weighted by atomic mass is 19.4. The minimum atomic E-state index is -4.53. The van der Waals surface area contributed by atoms with Crippen molar-refractivity contribution in [3.8, 4) is 0 Å². The fraction of sp³-hybridized carbons (Fsp3) is 0.391. The molecule has 1 atom stereocenters. The molecule has 0 aromatic heterocycles. The molecular formula is C23H26F3N3O3. The Morgan fingerprint density at radius 2 is 1.88 bits per heavy atom. The van der Waals surface area contributed by atoms with E-state index in [1.165, 1.54) is 12.1 Å². The second-order valence-corrected chi connectivity index (χ2v) is 8.10. The summed E-state index contributed by atoms with van der Waals surface area (Å²) < 4.78 is 38.9. The van der Waals surface area contributed by atoms with Crippen molar-refractivity contribution in [2.45, 2.75) is 38.0 Å². The Morgan fingerprint density at radius 3 is 2.53 bits per heavy atom. The average Bonchev–Trinajstić information content (AvgIpc) is 3.56. The lowest BCUT2D eigenvalue weighted by atomic mass is 10.1. The zero-order valence-corrected chi connectivity index (χ0v) is 17.4. The maximum absolute atomic E-state index is 13.0. The minimum absolute atomic E-state index is 0.0862. The predicted octanol–water partition coefficient (Wildman–Crippen LogP) is 3.97. The Labute approximate surface area is 184 Å². The Bertz CT molecular complexity index is 961. The number of nitrogens with zero attached hydrogens (tertiary/aromatic N) is 1. The number of anilines is 1. The third-order valence-corrected chi connectivity index (χ3v) is 5.40. The first kappa shape index (κ1) is 23.7. The van der Waals surface area contributed by atoms with Gasteiger partial charge >= 0.3 is 12.1 Å². The number of rotatable bonds is 10. The molecule has 0 radical (unpaired) electrons. The molecule has 2 aromatic carbocycles. The van der Waals surface area contributed by atoms with Crippen LogP contribution in [-0.4, -0.2) is 41.0 Å². The van der Waals surface area contributed by atoms with Gasteiger partial charge in [-0.15, -0.1) is 0 Å². The number of hydrogen-bond donors (Lipinski definition) is 3. The van der Waals surface area contributed by atoms with Crippen molar-refractivity contribution < 1.29 is 27.9 Å². The summed E-state index contributed by atoms with van der Waals surface area (Å²) in [6, 6.07) is 10.4. The van der Waals surface area contributed by atoms with E-state index in [0.717, 1.165) is 37.1 Å². The van der Waals surface area contributed by atoms with Crippen molar-refractivity contribution >= 4 is 17.6 Å². The van der Waals surface area contributed by atoms with Crippen LogP contribution in [0.25, 0.3) is 0 Å². The van der Waals surface area contributed by atoms with Crippen LogP contribution in [0.4, 0.5) is 18.9 Å². The summed E-state index contributed by atoms with van der Waals surface area (Å²) in [7, 11) is 0. The minimum Gasteiger partial charge on any atom is -0.480 e. The lowest BCUT2D eigenvalue weighted by Gasteiger charge is -2.24. The van der Waals surface area contributed by atoms with Crippen molar-refractivity contribution in [3.63, 3.8) is 0 Å². The summed E-state index contributed by atoms with van der Waals surface area (Å²) >= 11 is 0. The molecule has 32 heavy (non-hydrogen) atoms. The van der Waals surface area contributed by atoms with Gasteiger partial charge in [0.15, 0.2) is 0 Å². The lowest BCUT2D eigenvalue weighted by Crippen LogP contribution is -2.36. The molecule has 0 bridgehead atoms. The van der Waals surface area contributed by atoms with Crippen LogP contribution in [0.3, 0.4) is 0 Å². The summed E-state index contributed by atoms with van der Waals surface area (Å²) in [5.74, 6) is -1.13. The van der Waals surface area contributed by atoms with Crippen LogP contribution in [-0.2, 0) is 17.5 Å². The number of carbonyl (C=O) groups excluding carboxylic acids is 1. The molecular weight excluding hydrogens is 423 g/mol. The first-order valence-corrected chi connectivity index (χ1v) is 10.4. The van der Waals surface area contributed by atoms with Crippen molar-refractivity contribution in [1.82, 2.24) is 4.90 Å². The lowest BCUT2D eigenvalue weighted by molar-refractivity contribution is -0.139. The highest BCUT2D eigenvalue weighted by Gasteiger charge is 2.31. The van der Waals surface area contributed by atoms with Crippen molar-refractivity contribution in [3.05, 3.63) is 65.2 Å². The molecule has 2 aromatic rings. The number of benzene rings is 2. The van der Waals surface area contributed by atoms with Crippen LogP contribution in [0.1, 0.15) is 40.7 Å². The van der Waals surface area contributed by atoms with Gasteiger partial charge in [-0.2, -0.15) is 13.2 Å². The van der Waals surface area contributed by atoms with Crippen LogP contribution in [0, 0.1) is 5.92 Å². The molecule has 3 rings (SSSR count). The maximum atomic E-state index is 13.0. The Balaban J connectivity index is 1.72. The highest BCUT2D eigenvalue weighted by Crippen LogP contribution is 2.31. The molecule has 0 saturated heterocycles. The Kier molecular flexibility index (Phi) is 7.52. The first-order chi connectivity index (χ1) is 15.1. The molecule has 1 fully saturated rings. The molecule has 1 aliphatic rings. The zero-order chi connectivity index (χ0) is 23.3. The number of alkyl halides is 3. The van der Waals surface area contributed by atoms with E-state index < -0.39 is 29.7 Å². The molecule has 0 heterocycles. The number of aliphatic carboxylic acids is 1. The number of nitrogens with two attached hydrogens (primary N) is 1. The molecule has 1 aliphatic carbocycles. The van der Waals surface area contributed by atoms with Crippen molar-refractivity contribution in [2.24, 2.45) is 11.7 Å². The van der Waals surface area contributed by atoms with Gasteiger partial charge in [0.2, 0.25) is 0 Å². The summed E-state index contributed by atoms with van der Waals surface area (Å²) in [5, 5.41) is 11.7. The van der Waals surface area contributed by atoms with E-state index in [2.05, 4.69) is 10.2 Å². The average molecular weight is 449 g/mol. The van der Waals surface area contributed by atoms with Crippen LogP contribution >= 0.6 is 0 Å². The molecule has 1 amide bonds. The summed E-state index contributed by atoms with van der Waals surface area (Å²) in [4.78, 5) is 25.8. The number of halogens is 3. The van der Waals surface area contributed by atoms with Crippen molar-refractivity contribution in [2.75, 3.05) is 18.4 Å². The van der Waals surface area contributed by atoms with Crippen molar-refractivity contribution in [1.29, 1.82) is 0 Å². The number of para-hydroxylation sites is 1. The summed E-state index contributed by atoms with van der Waals surface area (Å²) in [6.07, 6.45) is -2.00. The summed E-state index contributed by atoms with van der Waals surface area (Å²) in [5.41, 5.74) is 5.96. The smallest absolute Gasteiger partial charge is 0.416 e. The number of nitrogens with one attached hydrogen (secondary N) is 1. The largest absolute Gasteiger partial charge is 0.480 e. The van der Waals surface area contributed by atoms with E-state index in [1.54, 1.807) is 12.1 Å². The van der Waals surface area contributed by atoms with E-state index in [4.69, 9.17) is 10.8 Å². The van der Waals surface area contributed by atoms with Gasteiger partial charge in [0.05, 0.1) is 5.56 Å². The van der Waals surface area contributed by atoms with Gasteiger partial charge in [0.25, 0.3) is 5.91 Å². The molecule has 1 saturated carbocycles. The van der Waals surface area contributed by atoms with Gasteiger partial charge in [0, 0.05) is 30.9 Å². The fourth-order valence-electron chi connectivity index (χ4n) is 3.40. The van der Waals surface area contributed by atoms with E-state index in [9.17, 15) is 22.8 Å². The monoisotopic (exact) mass is 449 g/mol. The van der Waals surface area contributed by atoms with Gasteiger partial charge in [-0.1, -0.05) is 24.3 Å². The number of carbonyl (C=O) groups is 2. The van der Waals surface area contributed by atoms with Gasteiger partial charge < -0.3 is 16.2 Å². The third kappa shape index (κ3) is 6.80. The first-order valence-electron chi connectivity index (χ1n) is 10.4. The standard InChI is InChI=1S/C23H26F3N3O3/c24-23(25,26)18-6-3-5-16(12-18)21(30)28-20-7-2-1-4-17(20)14-29(13-15-8-9-15)11-10-19(27)22(31)32/h1-7,12,15,19H,8-11,13-14,27H2,(H,28,30)(H,31,32)/t19-/m0/s1. The number of carboxylic acid groups (broad SMARTS) is 1. The highest BCUT2D eigenvalue weighted by molar-refractivity contribution is 6.04. The number of amides is 1. The van der Waals surface area contributed by atoms with E-state index in [-0.39, 0.29) is 5.56 Å². The van der Waals surface area contributed by atoms with E-state index >= 15 is 0 Å². The fourth-order valence-corrected chi connectivity index (χ4v) is 3.40. The number of hydrogen-bond acceptors (Lipinski definition) is 4. The molecule has 172 valence electrons. The van der Waals surface area contributed by atoms with Crippen LogP contribution < -0.4 is 11.1 Å². The quantitative estimate of drug-likeness (QED) is 0.510. The third-order valence-electron chi connectivity index (χ3n) is 5.40. The Hall–Kier alpha value is -2.91. The SMILES string of the molecule is N[C@@H](CCN(Cc1ccccc1NC(=O)c1cccc(C(F)(F)F)c1)CC1CC1)C(=O)O. The normalized spacial score (nSPS) is 14.9. The predicted molar refractivity (Wildman–Crippen MR) is 114 cm³/mol. The van der Waals surface area contributed by atoms with Crippen LogP contribution in [0.15, 0.2) is 48.5 Å². The second kappa shape index (κ2) is 10.1. The van der Waals surface area contributed by atoms with Gasteiger partial charge in [-0.3, -0.25) is 14.5 Å². The molecule has 0 unspecified atom stereocenters. The zero-order valence-electron chi connectivity index (χ0n) is 17.4. The molecule has 9 heteroatoms. The number of carboxylic acids is 1. The van der Waals surface area contributed by atoms with Crippen LogP contribution in [0.5, 0.6) is 0 Å². The molecule has 6 nitrogen and oxygen atoms in total. The topological polar surface area (TPSA) is 95.7 Å². The van der Waals surface area contributed by atoms with Gasteiger partial charge in [-0.25, -0.2) is 0 Å². The molecule has 4 N–H and O–H groups in total. The van der Waals surface area contributed by atoms with Gasteiger partial charge in [0.1, 0.15) is 6.04 Å². The maximum Gasteiger partial charge on any atom is 0.416 e. The molecule has 0 spiro atoms. The van der Waals surface area contributed by atoms with E-state index in [1.807, 2.05) is 12.1 Å². The Morgan fingerprint density at radius 1 is 1.16 bits per heavy atom. The van der Waals surface area contributed by atoms with E-state index in [0.29, 0.717) is 31.1 Å².